The van der Waals surface area contributed by atoms with Gasteiger partial charge in [-0.05, 0) is 29.8 Å². The van der Waals surface area contributed by atoms with E-state index in [1.165, 1.54) is 4.90 Å². The van der Waals surface area contributed by atoms with Gasteiger partial charge in [-0.1, -0.05) is 28.8 Å². The number of benzene rings is 2. The van der Waals surface area contributed by atoms with Crippen molar-refractivity contribution in [3.8, 4) is 11.5 Å². The molecule has 5 rings (SSSR count). The van der Waals surface area contributed by atoms with Gasteiger partial charge >= 0.3 is 6.01 Å². The molecular formula is C23H22ClF3N6O4S. The molecule has 202 valence electrons. The van der Waals surface area contributed by atoms with Crippen LogP contribution in [0.3, 0.4) is 0 Å². The summed E-state index contributed by atoms with van der Waals surface area (Å²) in [7, 11) is -4.15. The normalized spacial score (nSPS) is 22.7. The second-order valence-electron chi connectivity index (χ2n) is 9.19. The molecule has 0 bridgehead atoms. The first-order chi connectivity index (χ1) is 17.9. The van der Waals surface area contributed by atoms with Crippen molar-refractivity contribution >= 4 is 39.0 Å². The standard InChI is InChI=1S/C23H22ClF3N6O4S/c24-13-3-1-12(2-4-13)9-33-17-7-14(15(25)8-18(17)38(35,36)11-16(28)21(33)34)20-30-31-22(37-20)32-6-5-23(26,27)19(29)10-32/h1-4,7-8,16,19H,5-6,9-11,28-29H2/t16-,19?/m0/s1. The lowest BCUT2D eigenvalue weighted by molar-refractivity contribution is -0.119. The Morgan fingerprint density at radius 3 is 2.55 bits per heavy atom. The monoisotopic (exact) mass is 570 g/mol. The molecule has 1 aromatic heterocycles. The molecule has 0 saturated carbocycles. The van der Waals surface area contributed by atoms with Crippen molar-refractivity contribution in [1.29, 1.82) is 0 Å². The van der Waals surface area contributed by atoms with Crippen LogP contribution in [-0.2, 0) is 21.2 Å². The number of aromatic nitrogens is 2. The summed E-state index contributed by atoms with van der Waals surface area (Å²) >= 11 is 5.94. The average Bonchev–Trinajstić information content (AvgIpc) is 3.32. The second kappa shape index (κ2) is 9.52. The highest BCUT2D eigenvalue weighted by atomic mass is 35.5. The molecule has 2 aliphatic heterocycles. The molecule has 15 heteroatoms. The highest BCUT2D eigenvalue weighted by Crippen LogP contribution is 2.38. The molecule has 1 saturated heterocycles. The fraction of sp³-hybridized carbons (Fsp3) is 0.348. The van der Waals surface area contributed by atoms with Crippen LogP contribution in [0.4, 0.5) is 24.9 Å². The van der Waals surface area contributed by atoms with Crippen molar-refractivity contribution in [3.63, 3.8) is 0 Å². The fourth-order valence-electron chi connectivity index (χ4n) is 4.38. The molecule has 2 aliphatic rings. The molecular weight excluding hydrogens is 549 g/mol. The van der Waals surface area contributed by atoms with Crippen LogP contribution in [0, 0.1) is 5.82 Å². The Morgan fingerprint density at radius 2 is 1.87 bits per heavy atom. The summed E-state index contributed by atoms with van der Waals surface area (Å²) in [5.41, 5.74) is 11.7. The molecule has 2 atom stereocenters. The number of piperidine rings is 1. The van der Waals surface area contributed by atoms with Gasteiger partial charge in [-0.15, -0.1) is 5.10 Å². The van der Waals surface area contributed by atoms with Crippen molar-refractivity contribution in [2.24, 2.45) is 11.5 Å². The highest BCUT2D eigenvalue weighted by molar-refractivity contribution is 7.91. The largest absolute Gasteiger partial charge is 0.403 e. The third-order valence-electron chi connectivity index (χ3n) is 6.50. The number of hydrogen-bond donors (Lipinski definition) is 2. The first-order valence-electron chi connectivity index (χ1n) is 11.5. The molecule has 1 amide bonds. The van der Waals surface area contributed by atoms with E-state index >= 15 is 4.39 Å². The van der Waals surface area contributed by atoms with E-state index in [2.05, 4.69) is 10.2 Å². The molecule has 1 fully saturated rings. The minimum atomic E-state index is -4.15. The Hall–Kier alpha value is -3.20. The highest BCUT2D eigenvalue weighted by Gasteiger charge is 2.43. The maximum Gasteiger partial charge on any atom is 0.318 e. The van der Waals surface area contributed by atoms with Crippen LogP contribution in [-0.4, -0.2) is 61.4 Å². The van der Waals surface area contributed by atoms with Gasteiger partial charge in [0.05, 0.1) is 40.5 Å². The van der Waals surface area contributed by atoms with Crippen LogP contribution in [0.5, 0.6) is 0 Å². The summed E-state index contributed by atoms with van der Waals surface area (Å²) < 4.78 is 74.4. The van der Waals surface area contributed by atoms with E-state index in [9.17, 15) is 22.0 Å². The van der Waals surface area contributed by atoms with E-state index in [1.54, 1.807) is 24.3 Å². The van der Waals surface area contributed by atoms with E-state index in [-0.39, 0.29) is 42.8 Å². The number of anilines is 2. The molecule has 10 nitrogen and oxygen atoms in total. The average molecular weight is 571 g/mol. The van der Waals surface area contributed by atoms with Gasteiger partial charge in [-0.2, -0.15) is 0 Å². The SMILES string of the molecule is NC1CN(c2nnc(-c3cc4c(cc3F)S(=O)(=O)C[C@H](N)C(=O)N4Cc3ccc(Cl)cc3)o2)CCC1(F)F. The molecule has 0 spiro atoms. The van der Waals surface area contributed by atoms with Crippen LogP contribution in [0.2, 0.25) is 5.02 Å². The van der Waals surface area contributed by atoms with Gasteiger partial charge in [0.2, 0.25) is 5.91 Å². The Bertz CT molecular complexity index is 1500. The number of halogens is 4. The molecule has 3 heterocycles. The van der Waals surface area contributed by atoms with E-state index < -0.39 is 56.6 Å². The Labute approximate surface area is 220 Å². The lowest BCUT2D eigenvalue weighted by Crippen LogP contribution is -2.55. The van der Waals surface area contributed by atoms with E-state index in [0.29, 0.717) is 10.6 Å². The molecule has 1 unspecified atom stereocenters. The Kier molecular flexibility index (Phi) is 6.62. The smallest absolute Gasteiger partial charge is 0.318 e. The molecule has 0 aliphatic carbocycles. The fourth-order valence-corrected chi connectivity index (χ4v) is 6.07. The summed E-state index contributed by atoms with van der Waals surface area (Å²) in [6.45, 7) is -0.457. The number of hydrogen-bond acceptors (Lipinski definition) is 9. The topological polar surface area (TPSA) is 149 Å². The van der Waals surface area contributed by atoms with Gasteiger partial charge in [0.1, 0.15) is 5.82 Å². The van der Waals surface area contributed by atoms with Gasteiger partial charge in [0, 0.05) is 24.5 Å². The van der Waals surface area contributed by atoms with Crippen molar-refractivity contribution < 1.29 is 30.8 Å². The molecule has 4 N–H and O–H groups in total. The number of carbonyl (C=O) groups is 1. The minimum Gasteiger partial charge on any atom is -0.403 e. The zero-order valence-corrected chi connectivity index (χ0v) is 21.2. The quantitative estimate of drug-likeness (QED) is 0.482. The maximum absolute atomic E-state index is 15.3. The molecule has 3 aromatic rings. The van der Waals surface area contributed by atoms with E-state index in [1.807, 2.05) is 0 Å². The predicted molar refractivity (Wildman–Crippen MR) is 132 cm³/mol. The number of fused-ring (bicyclic) bond motifs is 1. The number of nitrogens with zero attached hydrogens (tertiary/aromatic N) is 4. The van der Waals surface area contributed by atoms with Gasteiger partial charge in [0.15, 0.2) is 9.84 Å². The Balaban J connectivity index is 1.56. The van der Waals surface area contributed by atoms with Crippen LogP contribution in [0.25, 0.3) is 11.5 Å². The number of alkyl halides is 2. The van der Waals surface area contributed by atoms with Gasteiger partial charge < -0.3 is 25.7 Å². The third-order valence-corrected chi connectivity index (χ3v) is 8.55. The summed E-state index contributed by atoms with van der Waals surface area (Å²) in [5, 5.41) is 8.12. The minimum absolute atomic E-state index is 0.0771. The van der Waals surface area contributed by atoms with Gasteiger partial charge in [0.25, 0.3) is 11.8 Å². The number of amides is 1. The van der Waals surface area contributed by atoms with E-state index in [0.717, 1.165) is 17.0 Å². The zero-order chi connectivity index (χ0) is 27.4. The number of carbonyl (C=O) groups excluding carboxylic acids is 1. The summed E-state index contributed by atoms with van der Waals surface area (Å²) in [6.07, 6.45) is -0.529. The number of nitrogens with two attached hydrogens (primary N) is 2. The van der Waals surface area contributed by atoms with Crippen LogP contribution < -0.4 is 21.3 Å². The molecule has 2 aromatic carbocycles. The Morgan fingerprint density at radius 1 is 1.16 bits per heavy atom. The van der Waals surface area contributed by atoms with Crippen LogP contribution in [0.15, 0.2) is 45.7 Å². The van der Waals surface area contributed by atoms with Gasteiger partial charge in [-0.3, -0.25) is 4.79 Å². The molecule has 0 radical (unpaired) electrons. The van der Waals surface area contributed by atoms with Crippen molar-refractivity contribution in [2.75, 3.05) is 28.6 Å². The van der Waals surface area contributed by atoms with Crippen LogP contribution >= 0.6 is 11.6 Å². The third kappa shape index (κ3) is 4.84. The lowest BCUT2D eigenvalue weighted by atomic mass is 10.0. The summed E-state index contributed by atoms with van der Waals surface area (Å²) in [6, 6.07) is 5.43. The summed E-state index contributed by atoms with van der Waals surface area (Å²) in [5.74, 6) is -5.78. The summed E-state index contributed by atoms with van der Waals surface area (Å²) in [4.78, 5) is 15.3. The number of rotatable bonds is 4. The van der Waals surface area contributed by atoms with Gasteiger partial charge in [-0.25, -0.2) is 21.6 Å². The lowest BCUT2D eigenvalue weighted by Gasteiger charge is -2.35. The first kappa shape index (κ1) is 26.4. The predicted octanol–water partition coefficient (Wildman–Crippen LogP) is 2.35. The zero-order valence-electron chi connectivity index (χ0n) is 19.7. The second-order valence-corrected chi connectivity index (χ2v) is 11.6. The van der Waals surface area contributed by atoms with Crippen LogP contribution in [0.1, 0.15) is 12.0 Å². The maximum atomic E-state index is 15.3. The number of sulfone groups is 1. The van der Waals surface area contributed by atoms with E-state index in [4.69, 9.17) is 27.5 Å². The van der Waals surface area contributed by atoms with Crippen molar-refractivity contribution in [3.05, 3.63) is 52.8 Å². The van der Waals surface area contributed by atoms with Crippen molar-refractivity contribution in [2.45, 2.75) is 35.9 Å². The van der Waals surface area contributed by atoms with Crippen molar-refractivity contribution in [1.82, 2.24) is 10.2 Å². The first-order valence-corrected chi connectivity index (χ1v) is 13.5. The molecule has 38 heavy (non-hydrogen) atoms.